The highest BCUT2D eigenvalue weighted by molar-refractivity contribution is 5.96. The Balaban J connectivity index is 1.82. The van der Waals surface area contributed by atoms with Crippen LogP contribution in [0.3, 0.4) is 0 Å². The van der Waals surface area contributed by atoms with E-state index in [1.807, 2.05) is 32.0 Å². The third-order valence-electron chi connectivity index (χ3n) is 3.64. The first kappa shape index (κ1) is 17.5. The van der Waals surface area contributed by atoms with E-state index in [0.717, 1.165) is 16.7 Å². The van der Waals surface area contributed by atoms with Crippen LogP contribution in [-0.2, 0) is 16.1 Å². The van der Waals surface area contributed by atoms with Crippen molar-refractivity contribution in [3.05, 3.63) is 64.7 Å². The summed E-state index contributed by atoms with van der Waals surface area (Å²) < 4.78 is 10.2. The second-order valence-corrected chi connectivity index (χ2v) is 5.50. The van der Waals surface area contributed by atoms with E-state index < -0.39 is 5.97 Å². The first-order valence-electron chi connectivity index (χ1n) is 7.63. The van der Waals surface area contributed by atoms with Gasteiger partial charge in [0.1, 0.15) is 18.9 Å². The largest absolute Gasteiger partial charge is 0.497 e. The first-order chi connectivity index (χ1) is 11.5. The summed E-state index contributed by atoms with van der Waals surface area (Å²) in [5.74, 6) is -0.140. The minimum atomic E-state index is -0.474. The van der Waals surface area contributed by atoms with E-state index in [2.05, 4.69) is 5.32 Å². The van der Waals surface area contributed by atoms with E-state index in [9.17, 15) is 9.59 Å². The van der Waals surface area contributed by atoms with Crippen LogP contribution in [0.15, 0.2) is 42.5 Å². The van der Waals surface area contributed by atoms with Crippen molar-refractivity contribution in [3.8, 4) is 5.75 Å². The lowest BCUT2D eigenvalue weighted by molar-refractivity contribution is -0.143. The maximum atomic E-state index is 12.0. The van der Waals surface area contributed by atoms with Gasteiger partial charge in [-0.25, -0.2) is 0 Å². The zero-order chi connectivity index (χ0) is 17.5. The molecular formula is C19H21NO4. The van der Waals surface area contributed by atoms with Gasteiger partial charge in [0.25, 0.3) is 5.91 Å². The quantitative estimate of drug-likeness (QED) is 0.829. The molecule has 126 valence electrons. The van der Waals surface area contributed by atoms with Crippen molar-refractivity contribution in [2.45, 2.75) is 20.5 Å². The van der Waals surface area contributed by atoms with Crippen LogP contribution in [0.1, 0.15) is 27.0 Å². The van der Waals surface area contributed by atoms with Gasteiger partial charge in [-0.1, -0.05) is 23.8 Å². The summed E-state index contributed by atoms with van der Waals surface area (Å²) in [5.41, 5.74) is 3.60. The Labute approximate surface area is 141 Å². The highest BCUT2D eigenvalue weighted by Gasteiger charge is 2.10. The number of amides is 1. The van der Waals surface area contributed by atoms with Crippen molar-refractivity contribution in [1.29, 1.82) is 0 Å². The molecular weight excluding hydrogens is 306 g/mol. The summed E-state index contributed by atoms with van der Waals surface area (Å²) >= 11 is 0. The van der Waals surface area contributed by atoms with E-state index in [-0.39, 0.29) is 19.1 Å². The topological polar surface area (TPSA) is 64.6 Å². The third kappa shape index (κ3) is 4.84. The molecule has 0 fully saturated rings. The number of benzene rings is 2. The van der Waals surface area contributed by atoms with Gasteiger partial charge in [-0.3, -0.25) is 9.59 Å². The normalized spacial score (nSPS) is 10.1. The summed E-state index contributed by atoms with van der Waals surface area (Å²) in [5, 5.41) is 2.54. The van der Waals surface area contributed by atoms with Gasteiger partial charge >= 0.3 is 5.97 Å². The van der Waals surface area contributed by atoms with E-state index >= 15 is 0 Å². The molecule has 0 aromatic heterocycles. The van der Waals surface area contributed by atoms with Gasteiger partial charge in [-0.15, -0.1) is 0 Å². The van der Waals surface area contributed by atoms with Crippen molar-refractivity contribution in [1.82, 2.24) is 5.32 Å². The molecule has 0 saturated carbocycles. The lowest BCUT2D eigenvalue weighted by Crippen LogP contribution is -2.30. The molecule has 2 aromatic rings. The predicted octanol–water partition coefficient (Wildman–Crippen LogP) is 2.79. The second-order valence-electron chi connectivity index (χ2n) is 5.50. The fraction of sp³-hybridized carbons (Fsp3) is 0.263. The molecule has 0 aliphatic carbocycles. The Bertz CT molecular complexity index is 723. The summed E-state index contributed by atoms with van der Waals surface area (Å²) in [4.78, 5) is 23.8. The highest BCUT2D eigenvalue weighted by atomic mass is 16.5. The molecule has 0 bridgehead atoms. The van der Waals surface area contributed by atoms with Crippen LogP contribution >= 0.6 is 0 Å². The average molecular weight is 327 g/mol. The molecule has 5 nitrogen and oxygen atoms in total. The molecule has 1 amide bonds. The molecule has 2 rings (SSSR count). The number of methoxy groups -OCH3 is 1. The molecule has 2 aromatic carbocycles. The highest BCUT2D eigenvalue weighted by Crippen LogP contribution is 2.12. The summed E-state index contributed by atoms with van der Waals surface area (Å²) in [6.45, 7) is 3.98. The average Bonchev–Trinajstić information content (AvgIpc) is 2.60. The molecule has 1 N–H and O–H groups in total. The van der Waals surface area contributed by atoms with E-state index in [1.54, 1.807) is 31.4 Å². The van der Waals surface area contributed by atoms with Gasteiger partial charge in [0, 0.05) is 5.56 Å². The Morgan fingerprint density at radius 1 is 1.04 bits per heavy atom. The van der Waals surface area contributed by atoms with Crippen molar-refractivity contribution < 1.29 is 19.1 Å². The Hall–Kier alpha value is -2.82. The van der Waals surface area contributed by atoms with Crippen LogP contribution in [-0.4, -0.2) is 25.5 Å². The van der Waals surface area contributed by atoms with Crippen LogP contribution in [0.4, 0.5) is 0 Å². The number of esters is 1. The van der Waals surface area contributed by atoms with Gasteiger partial charge in [0.2, 0.25) is 0 Å². The van der Waals surface area contributed by atoms with Gasteiger partial charge in [-0.05, 0) is 49.2 Å². The van der Waals surface area contributed by atoms with Crippen LogP contribution in [0.5, 0.6) is 5.75 Å². The van der Waals surface area contributed by atoms with Crippen LogP contribution in [0, 0.1) is 13.8 Å². The minimum absolute atomic E-state index is 0.171. The standard InChI is InChI=1S/C19H21NO4/c1-13-4-5-14(2)16(10-13)12-24-18(21)11-20-19(22)15-6-8-17(23-3)9-7-15/h4-10H,11-12H2,1-3H3,(H,20,22). The first-order valence-corrected chi connectivity index (χ1v) is 7.63. The minimum Gasteiger partial charge on any atom is -0.497 e. The lowest BCUT2D eigenvalue weighted by atomic mass is 10.1. The smallest absolute Gasteiger partial charge is 0.325 e. The molecule has 0 aliphatic heterocycles. The zero-order valence-corrected chi connectivity index (χ0v) is 14.1. The summed E-state index contributed by atoms with van der Waals surface area (Å²) in [7, 11) is 1.56. The van der Waals surface area contributed by atoms with Crippen molar-refractivity contribution >= 4 is 11.9 Å². The number of rotatable bonds is 6. The number of hydrogen-bond acceptors (Lipinski definition) is 4. The van der Waals surface area contributed by atoms with Crippen LogP contribution < -0.4 is 10.1 Å². The number of carbonyl (C=O) groups excluding carboxylic acids is 2. The van der Waals surface area contributed by atoms with E-state index in [4.69, 9.17) is 9.47 Å². The number of carbonyl (C=O) groups is 2. The number of nitrogens with one attached hydrogen (secondary N) is 1. The van der Waals surface area contributed by atoms with Gasteiger partial charge in [0.15, 0.2) is 0 Å². The Kier molecular flexibility index (Phi) is 5.95. The molecule has 0 heterocycles. The summed E-state index contributed by atoms with van der Waals surface area (Å²) in [6.07, 6.45) is 0. The zero-order valence-electron chi connectivity index (χ0n) is 14.1. The van der Waals surface area contributed by atoms with Crippen molar-refractivity contribution in [3.63, 3.8) is 0 Å². The van der Waals surface area contributed by atoms with Crippen molar-refractivity contribution in [2.75, 3.05) is 13.7 Å². The third-order valence-corrected chi connectivity index (χ3v) is 3.64. The number of hydrogen-bond donors (Lipinski definition) is 1. The van der Waals surface area contributed by atoms with Crippen LogP contribution in [0.25, 0.3) is 0 Å². The van der Waals surface area contributed by atoms with E-state index in [1.165, 1.54) is 0 Å². The SMILES string of the molecule is COc1ccc(C(=O)NCC(=O)OCc2cc(C)ccc2C)cc1. The van der Waals surface area contributed by atoms with Gasteiger partial charge in [0.05, 0.1) is 7.11 Å². The second kappa shape index (κ2) is 8.15. The Morgan fingerprint density at radius 3 is 2.42 bits per heavy atom. The number of ether oxygens (including phenoxy) is 2. The van der Waals surface area contributed by atoms with Crippen LogP contribution in [0.2, 0.25) is 0 Å². The van der Waals surface area contributed by atoms with Gasteiger partial charge < -0.3 is 14.8 Å². The summed E-state index contributed by atoms with van der Waals surface area (Å²) in [6, 6.07) is 12.6. The van der Waals surface area contributed by atoms with Crippen molar-refractivity contribution in [2.24, 2.45) is 0 Å². The van der Waals surface area contributed by atoms with Gasteiger partial charge in [-0.2, -0.15) is 0 Å². The fourth-order valence-corrected chi connectivity index (χ4v) is 2.16. The molecule has 24 heavy (non-hydrogen) atoms. The molecule has 0 spiro atoms. The fourth-order valence-electron chi connectivity index (χ4n) is 2.16. The molecule has 0 saturated heterocycles. The number of aryl methyl sites for hydroxylation is 2. The predicted molar refractivity (Wildman–Crippen MR) is 91.0 cm³/mol. The molecule has 0 atom stereocenters. The molecule has 0 radical (unpaired) electrons. The van der Waals surface area contributed by atoms with E-state index in [0.29, 0.717) is 11.3 Å². The molecule has 0 aliphatic rings. The Morgan fingerprint density at radius 2 is 1.75 bits per heavy atom. The maximum absolute atomic E-state index is 12.0. The molecule has 5 heteroatoms. The lowest BCUT2D eigenvalue weighted by Gasteiger charge is -2.09. The molecule has 0 unspecified atom stereocenters. The maximum Gasteiger partial charge on any atom is 0.325 e. The monoisotopic (exact) mass is 327 g/mol.